The number of para-hydroxylation sites is 1. The minimum absolute atomic E-state index is 0.00600. The molecule has 2 saturated heterocycles. The molecule has 2 aliphatic heterocycles. The molecule has 3 heterocycles. The van der Waals surface area contributed by atoms with Gasteiger partial charge in [-0.3, -0.25) is 14.6 Å². The van der Waals surface area contributed by atoms with E-state index in [0.29, 0.717) is 18.7 Å². The van der Waals surface area contributed by atoms with Gasteiger partial charge in [0.1, 0.15) is 6.61 Å². The highest BCUT2D eigenvalue weighted by atomic mass is 16.5. The fourth-order valence-corrected chi connectivity index (χ4v) is 3.25. The van der Waals surface area contributed by atoms with Gasteiger partial charge in [-0.25, -0.2) is 0 Å². The number of likely N-dealkylation sites (tertiary alicyclic amines) is 1. The quantitative estimate of drug-likeness (QED) is 0.852. The van der Waals surface area contributed by atoms with Gasteiger partial charge in [0.25, 0.3) is 5.91 Å². The van der Waals surface area contributed by atoms with Crippen molar-refractivity contribution < 1.29 is 14.3 Å². The maximum absolute atomic E-state index is 12.7. The Kier molecular flexibility index (Phi) is 3.46. The predicted octanol–water partition coefficient (Wildman–Crippen LogP) is 0.964. The smallest absolute Gasteiger partial charge is 0.255 e. The number of aromatic nitrogens is 1. The number of rotatable bonds is 1. The van der Waals surface area contributed by atoms with Gasteiger partial charge in [0.15, 0.2) is 0 Å². The molecule has 6 heteroatoms. The highest BCUT2D eigenvalue weighted by Crippen LogP contribution is 2.20. The van der Waals surface area contributed by atoms with Gasteiger partial charge in [0.2, 0.25) is 5.91 Å². The zero-order chi connectivity index (χ0) is 15.8. The van der Waals surface area contributed by atoms with Crippen LogP contribution in [0.25, 0.3) is 10.9 Å². The Morgan fingerprint density at radius 1 is 1.35 bits per heavy atom. The highest BCUT2D eigenvalue weighted by Gasteiger charge is 2.36. The Morgan fingerprint density at radius 3 is 3.13 bits per heavy atom. The van der Waals surface area contributed by atoms with Crippen LogP contribution >= 0.6 is 0 Å². The molecule has 2 fully saturated rings. The van der Waals surface area contributed by atoms with Gasteiger partial charge in [0, 0.05) is 24.7 Å². The Hall–Kier alpha value is -2.47. The van der Waals surface area contributed by atoms with Crippen LogP contribution in [0.5, 0.6) is 0 Å². The molecule has 2 atom stereocenters. The molecule has 1 N–H and O–H groups in total. The van der Waals surface area contributed by atoms with Gasteiger partial charge >= 0.3 is 0 Å². The molecule has 4 rings (SSSR count). The molecule has 0 aliphatic carbocycles. The summed E-state index contributed by atoms with van der Waals surface area (Å²) in [6.45, 7) is 1.22. The van der Waals surface area contributed by atoms with Gasteiger partial charge in [0.05, 0.1) is 23.2 Å². The number of hydrogen-bond acceptors (Lipinski definition) is 4. The molecular formula is C17H17N3O3. The normalized spacial score (nSPS) is 24.2. The van der Waals surface area contributed by atoms with Gasteiger partial charge in [-0.2, -0.15) is 0 Å². The lowest BCUT2D eigenvalue weighted by molar-refractivity contribution is -0.139. The molecule has 0 bridgehead atoms. The summed E-state index contributed by atoms with van der Waals surface area (Å²) in [7, 11) is 0. The number of nitrogens with one attached hydrogen (secondary N) is 1. The van der Waals surface area contributed by atoms with E-state index in [-0.39, 0.29) is 30.6 Å². The number of piperidine rings is 1. The first-order chi connectivity index (χ1) is 11.2. The summed E-state index contributed by atoms with van der Waals surface area (Å²) in [5, 5.41) is 3.86. The van der Waals surface area contributed by atoms with Crippen LogP contribution in [-0.2, 0) is 9.53 Å². The number of carbonyl (C=O) groups is 2. The maximum atomic E-state index is 12.7. The highest BCUT2D eigenvalue weighted by molar-refractivity contribution is 5.97. The molecule has 118 valence electrons. The maximum Gasteiger partial charge on any atom is 0.255 e. The SMILES string of the molecule is O=C1CO[C@H]2CCN(C(=O)c3cnc4ccccc4c3)C[C@@H]2N1. The van der Waals surface area contributed by atoms with Crippen molar-refractivity contribution in [2.45, 2.75) is 18.6 Å². The van der Waals surface area contributed by atoms with Crippen molar-refractivity contribution in [2.75, 3.05) is 19.7 Å². The minimum atomic E-state index is -0.123. The zero-order valence-electron chi connectivity index (χ0n) is 12.6. The third kappa shape index (κ3) is 2.66. The number of nitrogens with zero attached hydrogens (tertiary/aromatic N) is 2. The van der Waals surface area contributed by atoms with Crippen molar-refractivity contribution in [3.63, 3.8) is 0 Å². The lowest BCUT2D eigenvalue weighted by Gasteiger charge is -2.41. The van der Waals surface area contributed by atoms with E-state index >= 15 is 0 Å². The number of carbonyl (C=O) groups excluding carboxylic acids is 2. The van der Waals surface area contributed by atoms with E-state index in [9.17, 15) is 9.59 Å². The van der Waals surface area contributed by atoms with E-state index in [1.165, 1.54) is 0 Å². The third-order valence-corrected chi connectivity index (χ3v) is 4.45. The Morgan fingerprint density at radius 2 is 2.22 bits per heavy atom. The van der Waals surface area contributed by atoms with Crippen LogP contribution in [0.4, 0.5) is 0 Å². The number of amides is 2. The first-order valence-electron chi connectivity index (χ1n) is 7.76. The predicted molar refractivity (Wildman–Crippen MR) is 83.9 cm³/mol. The first-order valence-corrected chi connectivity index (χ1v) is 7.76. The molecule has 1 aromatic carbocycles. The molecule has 1 aromatic heterocycles. The number of fused-ring (bicyclic) bond motifs is 2. The molecule has 0 spiro atoms. The molecule has 0 saturated carbocycles. The lowest BCUT2D eigenvalue weighted by Crippen LogP contribution is -2.61. The summed E-state index contributed by atoms with van der Waals surface area (Å²) >= 11 is 0. The molecule has 6 nitrogen and oxygen atoms in total. The van der Waals surface area contributed by atoms with Gasteiger partial charge in [-0.1, -0.05) is 18.2 Å². The molecule has 23 heavy (non-hydrogen) atoms. The molecule has 2 aliphatic rings. The summed E-state index contributed by atoms with van der Waals surface area (Å²) in [6, 6.07) is 9.46. The standard InChI is InChI=1S/C17H17N3O3/c21-16-10-23-15-5-6-20(9-14(15)19-16)17(22)12-7-11-3-1-2-4-13(11)18-8-12/h1-4,7-8,14-15H,5-6,9-10H2,(H,19,21)/t14-,15-/m0/s1. The number of ether oxygens (including phenoxy) is 1. The van der Waals surface area contributed by atoms with Gasteiger partial charge in [-0.15, -0.1) is 0 Å². The van der Waals surface area contributed by atoms with Crippen molar-refractivity contribution in [1.82, 2.24) is 15.2 Å². The van der Waals surface area contributed by atoms with E-state index in [2.05, 4.69) is 10.3 Å². The molecule has 0 radical (unpaired) electrons. The van der Waals surface area contributed by atoms with Crippen LogP contribution in [0.3, 0.4) is 0 Å². The van der Waals surface area contributed by atoms with Crippen LogP contribution in [0.1, 0.15) is 16.8 Å². The number of pyridine rings is 1. The first kappa shape index (κ1) is 14.1. The minimum Gasteiger partial charge on any atom is -0.366 e. The van der Waals surface area contributed by atoms with E-state index in [1.807, 2.05) is 30.3 Å². The fourth-order valence-electron chi connectivity index (χ4n) is 3.25. The zero-order valence-corrected chi connectivity index (χ0v) is 12.6. The van der Waals surface area contributed by atoms with E-state index < -0.39 is 0 Å². The second-order valence-electron chi connectivity index (χ2n) is 5.98. The lowest BCUT2D eigenvalue weighted by atomic mass is 9.99. The Bertz CT molecular complexity index is 777. The summed E-state index contributed by atoms with van der Waals surface area (Å²) in [5.74, 6) is -0.172. The van der Waals surface area contributed by atoms with Crippen molar-refractivity contribution in [3.8, 4) is 0 Å². The number of morpholine rings is 1. The van der Waals surface area contributed by atoms with Crippen LogP contribution in [0, 0.1) is 0 Å². The van der Waals surface area contributed by atoms with E-state index in [1.54, 1.807) is 11.1 Å². The second-order valence-corrected chi connectivity index (χ2v) is 5.98. The van der Waals surface area contributed by atoms with Crippen molar-refractivity contribution in [1.29, 1.82) is 0 Å². The van der Waals surface area contributed by atoms with Crippen molar-refractivity contribution >= 4 is 22.7 Å². The molecule has 2 aromatic rings. The topological polar surface area (TPSA) is 71.5 Å². The van der Waals surface area contributed by atoms with Crippen LogP contribution < -0.4 is 5.32 Å². The number of benzene rings is 1. The fraction of sp³-hybridized carbons (Fsp3) is 0.353. The van der Waals surface area contributed by atoms with Crippen LogP contribution in [0.2, 0.25) is 0 Å². The molecule has 0 unspecified atom stereocenters. The Labute approximate surface area is 133 Å². The largest absolute Gasteiger partial charge is 0.366 e. The Balaban J connectivity index is 1.54. The van der Waals surface area contributed by atoms with Crippen LogP contribution in [0.15, 0.2) is 36.5 Å². The van der Waals surface area contributed by atoms with Gasteiger partial charge < -0.3 is 15.0 Å². The third-order valence-electron chi connectivity index (χ3n) is 4.45. The second kappa shape index (κ2) is 5.62. The van der Waals surface area contributed by atoms with Gasteiger partial charge in [-0.05, 0) is 18.6 Å². The average molecular weight is 311 g/mol. The summed E-state index contributed by atoms with van der Waals surface area (Å²) < 4.78 is 5.52. The molecular weight excluding hydrogens is 294 g/mol. The summed E-state index contributed by atoms with van der Waals surface area (Å²) in [5.41, 5.74) is 1.45. The summed E-state index contributed by atoms with van der Waals surface area (Å²) in [4.78, 5) is 30.3. The van der Waals surface area contributed by atoms with E-state index in [4.69, 9.17) is 4.74 Å². The van der Waals surface area contributed by atoms with E-state index in [0.717, 1.165) is 17.3 Å². The monoisotopic (exact) mass is 311 g/mol. The summed E-state index contributed by atoms with van der Waals surface area (Å²) in [6.07, 6.45) is 2.36. The average Bonchev–Trinajstić information content (AvgIpc) is 2.60. The van der Waals surface area contributed by atoms with Crippen molar-refractivity contribution in [2.24, 2.45) is 0 Å². The molecule has 2 amide bonds. The van der Waals surface area contributed by atoms with Crippen LogP contribution in [-0.4, -0.2) is 53.5 Å². The number of hydrogen-bond donors (Lipinski definition) is 1. The van der Waals surface area contributed by atoms with Crippen molar-refractivity contribution in [3.05, 3.63) is 42.1 Å².